The first-order valence-electron chi connectivity index (χ1n) is 11.4. The van der Waals surface area contributed by atoms with E-state index >= 15 is 0 Å². The van der Waals surface area contributed by atoms with Gasteiger partial charge in [0.15, 0.2) is 0 Å². The van der Waals surface area contributed by atoms with E-state index in [1.165, 1.54) is 89.2 Å². The summed E-state index contributed by atoms with van der Waals surface area (Å²) in [5.74, 6) is -2.44. The van der Waals surface area contributed by atoms with Crippen LogP contribution in [0.15, 0.2) is 18.2 Å². The van der Waals surface area contributed by atoms with Gasteiger partial charge in [-0.25, -0.2) is 9.59 Å². The predicted octanol–water partition coefficient (Wildman–Crippen LogP) is 6.21. The van der Waals surface area contributed by atoms with Gasteiger partial charge in [-0.15, -0.1) is 0 Å². The Morgan fingerprint density at radius 3 is 1.52 bits per heavy atom. The van der Waals surface area contributed by atoms with Crippen molar-refractivity contribution >= 4 is 76.7 Å². The molecule has 0 saturated heterocycles. The number of carboxylic acids is 2. The Hall–Kier alpha value is -0.0400. The fourth-order valence-electron chi connectivity index (χ4n) is 3.57. The molecule has 0 heterocycles. The largest absolute Gasteiger partial charge is 0.478 e. The van der Waals surface area contributed by atoms with E-state index in [1.807, 2.05) is 0 Å². The summed E-state index contributed by atoms with van der Waals surface area (Å²) in [6.45, 7) is 3.03. The van der Waals surface area contributed by atoms with Crippen LogP contribution < -0.4 is 5.32 Å². The predicted molar refractivity (Wildman–Crippen MR) is 131 cm³/mol. The molecule has 7 heteroatoms. The van der Waals surface area contributed by atoms with Crippen molar-refractivity contribution in [2.45, 2.75) is 96.8 Å². The average molecular weight is 452 g/mol. The standard InChI is InChI=1S/C24H39NO4.2Na/c1-2-3-4-5-6-7-8-9-10-11-12-13-14-15-18-25-20-16-17-21(23(26)27)22(19-20)24(28)29;;/h16-17,19,25H,2-15,18H2,1H3,(H,26,27)(H,28,29);;. The zero-order valence-corrected chi connectivity index (χ0v) is 24.0. The van der Waals surface area contributed by atoms with Crippen molar-refractivity contribution in [3.63, 3.8) is 0 Å². The number of benzene rings is 1. The number of hydrogen-bond donors (Lipinski definition) is 3. The fourth-order valence-corrected chi connectivity index (χ4v) is 3.57. The Morgan fingerprint density at radius 1 is 0.677 bits per heavy atom. The summed E-state index contributed by atoms with van der Waals surface area (Å²) >= 11 is 0. The first-order chi connectivity index (χ1) is 14.1. The smallest absolute Gasteiger partial charge is 0.336 e. The molecule has 0 aliphatic carbocycles. The molecular formula is C24H39NNa2O4. The Labute approximate surface area is 232 Å². The van der Waals surface area contributed by atoms with Crippen LogP contribution in [0.2, 0.25) is 0 Å². The molecule has 0 saturated carbocycles. The third kappa shape index (κ3) is 16.3. The van der Waals surface area contributed by atoms with Crippen LogP contribution in [0.25, 0.3) is 0 Å². The second-order valence-corrected chi connectivity index (χ2v) is 7.89. The molecule has 0 aromatic heterocycles. The summed E-state index contributed by atoms with van der Waals surface area (Å²) in [6, 6.07) is 4.37. The minimum Gasteiger partial charge on any atom is -0.478 e. The maximum atomic E-state index is 11.2. The van der Waals surface area contributed by atoms with E-state index in [4.69, 9.17) is 10.2 Å². The molecule has 166 valence electrons. The number of carbonyl (C=O) groups is 2. The number of carboxylic acid groups (broad SMARTS) is 2. The normalized spacial score (nSPS) is 10.1. The molecule has 0 fully saturated rings. The first-order valence-corrected chi connectivity index (χ1v) is 11.4. The van der Waals surface area contributed by atoms with Gasteiger partial charge in [0.05, 0.1) is 11.1 Å². The Kier molecular flexibility index (Phi) is 23.3. The van der Waals surface area contributed by atoms with Crippen molar-refractivity contribution in [1.82, 2.24) is 0 Å². The Morgan fingerprint density at radius 2 is 1.10 bits per heavy atom. The van der Waals surface area contributed by atoms with Crippen molar-refractivity contribution in [3.05, 3.63) is 29.3 Å². The maximum absolute atomic E-state index is 11.2. The summed E-state index contributed by atoms with van der Waals surface area (Å²) in [4.78, 5) is 22.3. The molecule has 5 nitrogen and oxygen atoms in total. The van der Waals surface area contributed by atoms with Gasteiger partial charge in [-0.1, -0.05) is 90.4 Å². The van der Waals surface area contributed by atoms with Crippen LogP contribution >= 0.6 is 0 Å². The number of nitrogens with one attached hydrogen (secondary N) is 1. The van der Waals surface area contributed by atoms with Crippen LogP contribution in [-0.2, 0) is 0 Å². The molecular weight excluding hydrogens is 412 g/mol. The van der Waals surface area contributed by atoms with Gasteiger partial charge in [0, 0.05) is 71.3 Å². The third-order valence-corrected chi connectivity index (χ3v) is 5.34. The van der Waals surface area contributed by atoms with E-state index in [0.717, 1.165) is 19.4 Å². The zero-order chi connectivity index (χ0) is 21.3. The zero-order valence-electron chi connectivity index (χ0n) is 20.0. The monoisotopic (exact) mass is 451 g/mol. The van der Waals surface area contributed by atoms with Crippen LogP contribution in [0.4, 0.5) is 5.69 Å². The molecule has 0 spiro atoms. The van der Waals surface area contributed by atoms with Crippen LogP contribution in [-0.4, -0.2) is 87.8 Å². The maximum Gasteiger partial charge on any atom is 0.336 e. The van der Waals surface area contributed by atoms with E-state index < -0.39 is 11.9 Å². The number of anilines is 1. The van der Waals surface area contributed by atoms with Crippen molar-refractivity contribution in [2.24, 2.45) is 0 Å². The fraction of sp³-hybridized carbons (Fsp3) is 0.667. The van der Waals surface area contributed by atoms with Crippen LogP contribution in [0.5, 0.6) is 0 Å². The number of unbranched alkanes of at least 4 members (excludes halogenated alkanes) is 13. The summed E-state index contributed by atoms with van der Waals surface area (Å²) in [5, 5.41) is 21.4. The van der Waals surface area contributed by atoms with Gasteiger partial charge in [-0.2, -0.15) is 0 Å². The second kappa shape index (κ2) is 21.8. The molecule has 0 bridgehead atoms. The van der Waals surface area contributed by atoms with Crippen molar-refractivity contribution in [2.75, 3.05) is 11.9 Å². The molecule has 0 amide bonds. The van der Waals surface area contributed by atoms with Gasteiger partial charge in [-0.3, -0.25) is 0 Å². The van der Waals surface area contributed by atoms with Crippen LogP contribution in [0.3, 0.4) is 0 Å². The van der Waals surface area contributed by atoms with E-state index in [0.29, 0.717) is 5.69 Å². The first kappa shape index (κ1) is 33.1. The molecule has 1 aromatic rings. The van der Waals surface area contributed by atoms with E-state index in [-0.39, 0.29) is 70.2 Å². The number of aromatic carboxylic acids is 2. The Bertz CT molecular complexity index is 611. The van der Waals surface area contributed by atoms with E-state index in [9.17, 15) is 9.59 Å². The van der Waals surface area contributed by atoms with Gasteiger partial charge >= 0.3 is 11.9 Å². The molecule has 3 N–H and O–H groups in total. The van der Waals surface area contributed by atoms with E-state index in [2.05, 4.69) is 12.2 Å². The molecule has 0 unspecified atom stereocenters. The van der Waals surface area contributed by atoms with Crippen molar-refractivity contribution < 1.29 is 19.8 Å². The summed E-state index contributed by atoms with van der Waals surface area (Å²) < 4.78 is 0. The van der Waals surface area contributed by atoms with Crippen molar-refractivity contribution in [3.8, 4) is 0 Å². The topological polar surface area (TPSA) is 86.6 Å². The quantitative estimate of drug-likeness (QED) is 0.182. The average Bonchev–Trinajstić information content (AvgIpc) is 2.70. The molecule has 0 atom stereocenters. The van der Waals surface area contributed by atoms with Gasteiger partial charge in [0.25, 0.3) is 0 Å². The van der Waals surface area contributed by atoms with Crippen molar-refractivity contribution in [1.29, 1.82) is 0 Å². The third-order valence-electron chi connectivity index (χ3n) is 5.34. The van der Waals surface area contributed by atoms with Gasteiger partial charge in [0.2, 0.25) is 0 Å². The second-order valence-electron chi connectivity index (χ2n) is 7.89. The number of rotatable bonds is 18. The SMILES string of the molecule is CCCCCCCCCCCCCCCCNc1ccc(C(=O)O)c(C(=O)O)c1.[Na].[Na]. The molecule has 1 rings (SSSR count). The number of hydrogen-bond acceptors (Lipinski definition) is 3. The Balaban J connectivity index is 0. The van der Waals surface area contributed by atoms with Gasteiger partial charge < -0.3 is 15.5 Å². The summed E-state index contributed by atoms with van der Waals surface area (Å²) in [5.41, 5.74) is 0.296. The molecule has 31 heavy (non-hydrogen) atoms. The molecule has 0 aliphatic rings. The summed E-state index contributed by atoms with van der Waals surface area (Å²) in [6.07, 6.45) is 18.4. The molecule has 0 aliphatic heterocycles. The molecule has 1 aromatic carbocycles. The van der Waals surface area contributed by atoms with E-state index in [1.54, 1.807) is 6.07 Å². The van der Waals surface area contributed by atoms with Crippen LogP contribution in [0, 0.1) is 0 Å². The minimum atomic E-state index is -1.22. The van der Waals surface area contributed by atoms with Gasteiger partial charge in [0.1, 0.15) is 0 Å². The van der Waals surface area contributed by atoms with Gasteiger partial charge in [-0.05, 0) is 24.6 Å². The summed E-state index contributed by atoms with van der Waals surface area (Å²) in [7, 11) is 0. The molecule has 2 radical (unpaired) electrons. The minimum absolute atomic E-state index is 0. The van der Waals surface area contributed by atoms with Crippen LogP contribution in [0.1, 0.15) is 118 Å².